The lowest BCUT2D eigenvalue weighted by molar-refractivity contribution is -0.284. The predicted molar refractivity (Wildman–Crippen MR) is 131 cm³/mol. The molecule has 0 fully saturated rings. The molecule has 2 aliphatic heterocycles. The van der Waals surface area contributed by atoms with Crippen LogP contribution in [-0.4, -0.2) is 35.8 Å². The van der Waals surface area contributed by atoms with Crippen LogP contribution in [0.25, 0.3) is 5.69 Å². The lowest BCUT2D eigenvalue weighted by atomic mass is 10.1. The SMILES string of the molecule is Cc1ccc(S(=O)(=O)Nc2nc(=O)n3c(C)c(C)sc(SCCCCC(F)(F)C(F)(F)F)c2-3)cc1C. The molecule has 1 N–H and O–H groups in total. The average molecular weight is 570 g/mol. The number of aryl methyl sites for hydroxylation is 3. The molecule has 2 aliphatic rings. The maximum Gasteiger partial charge on any atom is 0.453 e. The Kier molecular flexibility index (Phi) is 8.11. The molecule has 0 unspecified atom stereocenters. The first-order valence-electron chi connectivity index (χ1n) is 10.8. The molecule has 0 spiro atoms. The van der Waals surface area contributed by atoms with E-state index in [1.807, 2.05) is 6.92 Å². The Morgan fingerprint density at radius 1 is 1.06 bits per heavy atom. The number of fused-ring (bicyclic) bond motifs is 1. The van der Waals surface area contributed by atoms with Gasteiger partial charge in [0.1, 0.15) is 5.69 Å². The van der Waals surface area contributed by atoms with Crippen LogP contribution in [0.5, 0.6) is 0 Å². The Morgan fingerprint density at radius 3 is 2.33 bits per heavy atom. The van der Waals surface area contributed by atoms with Gasteiger partial charge in [-0.2, -0.15) is 26.9 Å². The highest BCUT2D eigenvalue weighted by molar-refractivity contribution is 8.01. The number of nitrogens with zero attached hydrogens (tertiary/aromatic N) is 2. The zero-order chi connectivity index (χ0) is 27.1. The van der Waals surface area contributed by atoms with Crippen molar-refractivity contribution in [3.05, 3.63) is 50.4 Å². The van der Waals surface area contributed by atoms with E-state index in [2.05, 4.69) is 9.71 Å². The monoisotopic (exact) mass is 569 g/mol. The molecule has 0 aromatic heterocycles. The van der Waals surface area contributed by atoms with Crippen LogP contribution in [0.1, 0.15) is 41.0 Å². The smallest absolute Gasteiger partial charge is 0.261 e. The van der Waals surface area contributed by atoms with Crippen molar-refractivity contribution < 1.29 is 30.4 Å². The lowest BCUT2D eigenvalue weighted by Gasteiger charge is -2.19. The van der Waals surface area contributed by atoms with E-state index in [0.29, 0.717) is 9.90 Å². The van der Waals surface area contributed by atoms with Gasteiger partial charge in [-0.25, -0.2) is 13.2 Å². The zero-order valence-corrected chi connectivity index (χ0v) is 22.2. The number of thioether (sulfide) groups is 1. The van der Waals surface area contributed by atoms with Crippen LogP contribution in [0.2, 0.25) is 0 Å². The summed E-state index contributed by atoms with van der Waals surface area (Å²) in [6.45, 7) is 7.04. The van der Waals surface area contributed by atoms with E-state index in [9.17, 15) is 35.2 Å². The number of benzene rings is 1. The molecule has 2 heterocycles. The summed E-state index contributed by atoms with van der Waals surface area (Å²) < 4.78 is 93.6. The van der Waals surface area contributed by atoms with Crippen molar-refractivity contribution in [2.45, 2.75) is 68.2 Å². The number of imidazole rings is 1. The van der Waals surface area contributed by atoms with Gasteiger partial charge in [0.2, 0.25) is 0 Å². The number of unbranched alkanes of at least 4 members (excludes halogenated alkanes) is 1. The topological polar surface area (TPSA) is 81.1 Å². The van der Waals surface area contributed by atoms with Gasteiger partial charge in [0.15, 0.2) is 5.82 Å². The molecule has 1 aromatic rings. The number of halogens is 5. The standard InChI is InChI=1S/C22H24F5N3O3S3/c1-12-7-8-16(11-13(12)2)36(32,33)29-18-17-19(35-15(4)14(3)30(17)20(31)28-18)34-10-6-5-9-21(23,24)22(25,26)27/h7-8,11H,5-6,9-10H2,1-4H3,(H,28,29,31). The maximum atomic E-state index is 13.1. The van der Waals surface area contributed by atoms with Crippen molar-refractivity contribution in [3.8, 4) is 5.69 Å². The van der Waals surface area contributed by atoms with E-state index in [4.69, 9.17) is 0 Å². The molecule has 0 atom stereocenters. The number of alkyl halides is 5. The third-order valence-electron chi connectivity index (χ3n) is 5.68. The summed E-state index contributed by atoms with van der Waals surface area (Å²) in [4.78, 5) is 17.3. The highest BCUT2D eigenvalue weighted by Gasteiger charge is 2.56. The molecule has 0 amide bonds. The van der Waals surface area contributed by atoms with Crippen LogP contribution in [0, 0.1) is 27.7 Å². The van der Waals surface area contributed by atoms with Gasteiger partial charge in [-0.05, 0) is 69.5 Å². The third-order valence-corrected chi connectivity index (χ3v) is 9.55. The van der Waals surface area contributed by atoms with E-state index in [1.54, 1.807) is 26.8 Å². The maximum absolute atomic E-state index is 13.1. The second-order valence-electron chi connectivity index (χ2n) is 8.32. The summed E-state index contributed by atoms with van der Waals surface area (Å²) in [5.74, 6) is -4.74. The van der Waals surface area contributed by atoms with Crippen LogP contribution in [0.3, 0.4) is 0 Å². The van der Waals surface area contributed by atoms with Crippen molar-refractivity contribution >= 4 is 38.9 Å². The molecule has 0 aliphatic carbocycles. The number of hydrogen-bond acceptors (Lipinski definition) is 6. The van der Waals surface area contributed by atoms with Gasteiger partial charge in [-0.3, -0.25) is 9.29 Å². The Labute approximate surface area is 213 Å². The molecular formula is C22H24F5N3O3S3. The van der Waals surface area contributed by atoms with Gasteiger partial charge in [-0.1, -0.05) is 6.07 Å². The Morgan fingerprint density at radius 2 is 1.72 bits per heavy atom. The van der Waals surface area contributed by atoms with Crippen molar-refractivity contribution in [1.29, 1.82) is 0 Å². The summed E-state index contributed by atoms with van der Waals surface area (Å²) >= 11 is 2.40. The van der Waals surface area contributed by atoms with Gasteiger partial charge < -0.3 is 0 Å². The molecule has 198 valence electrons. The summed E-state index contributed by atoms with van der Waals surface area (Å²) in [7, 11) is -4.09. The summed E-state index contributed by atoms with van der Waals surface area (Å²) in [5.41, 5.74) is 1.74. The lowest BCUT2D eigenvalue weighted by Crippen LogP contribution is -2.36. The van der Waals surface area contributed by atoms with Gasteiger partial charge in [0.25, 0.3) is 10.0 Å². The number of rotatable bonds is 9. The zero-order valence-electron chi connectivity index (χ0n) is 19.8. The molecule has 0 saturated carbocycles. The number of nitrogens with one attached hydrogen (secondary N) is 1. The number of sulfonamides is 1. The van der Waals surface area contributed by atoms with E-state index < -0.39 is 34.2 Å². The van der Waals surface area contributed by atoms with E-state index >= 15 is 0 Å². The summed E-state index contributed by atoms with van der Waals surface area (Å²) in [6.07, 6.45) is -7.21. The fourth-order valence-electron chi connectivity index (χ4n) is 3.31. The predicted octanol–water partition coefficient (Wildman–Crippen LogP) is 6.23. The average Bonchev–Trinajstić information content (AvgIpc) is 3.07. The second-order valence-corrected chi connectivity index (χ2v) is 12.6. The molecule has 1 aromatic carbocycles. The van der Waals surface area contributed by atoms with Gasteiger partial charge in [0, 0.05) is 17.0 Å². The van der Waals surface area contributed by atoms with Crippen molar-refractivity contribution in [2.24, 2.45) is 0 Å². The molecule has 3 rings (SSSR count). The van der Waals surface area contributed by atoms with Crippen LogP contribution in [-0.2, 0) is 10.0 Å². The Hall–Kier alpha value is -2.19. The first kappa shape index (κ1) is 28.4. The Bertz CT molecular complexity index is 1400. The molecule has 14 heteroatoms. The highest BCUT2D eigenvalue weighted by Crippen LogP contribution is 2.41. The number of anilines is 1. The second kappa shape index (κ2) is 10.3. The minimum Gasteiger partial charge on any atom is -0.261 e. The van der Waals surface area contributed by atoms with Crippen molar-refractivity contribution in [3.63, 3.8) is 0 Å². The molecule has 6 nitrogen and oxygen atoms in total. The number of aromatic nitrogens is 2. The molecule has 0 bridgehead atoms. The van der Waals surface area contributed by atoms with Gasteiger partial charge in [0.05, 0.1) is 9.10 Å². The largest absolute Gasteiger partial charge is 0.453 e. The number of hydrogen-bond donors (Lipinski definition) is 1. The first-order chi connectivity index (χ1) is 16.5. The molecule has 36 heavy (non-hydrogen) atoms. The first-order valence-corrected chi connectivity index (χ1v) is 14.0. The highest BCUT2D eigenvalue weighted by atomic mass is 32.2. The van der Waals surface area contributed by atoms with Crippen molar-refractivity contribution in [2.75, 3.05) is 10.5 Å². The Balaban J connectivity index is 1.87. The fourth-order valence-corrected chi connectivity index (χ4v) is 6.92. The molecule has 0 saturated heterocycles. The molecule has 0 radical (unpaired) electrons. The molecular weight excluding hydrogens is 545 g/mol. The van der Waals surface area contributed by atoms with E-state index in [0.717, 1.165) is 27.8 Å². The van der Waals surface area contributed by atoms with Gasteiger partial charge in [-0.15, -0.1) is 23.1 Å². The van der Waals surface area contributed by atoms with Crippen LogP contribution >= 0.6 is 23.1 Å². The quantitative estimate of drug-likeness (QED) is 0.188. The van der Waals surface area contributed by atoms with Crippen LogP contribution in [0.15, 0.2) is 32.1 Å². The normalized spacial score (nSPS) is 12.9. The minimum absolute atomic E-state index is 0.00787. The van der Waals surface area contributed by atoms with E-state index in [1.165, 1.54) is 28.0 Å². The third kappa shape index (κ3) is 5.86. The minimum atomic E-state index is -5.59. The van der Waals surface area contributed by atoms with Crippen LogP contribution in [0.4, 0.5) is 27.8 Å². The van der Waals surface area contributed by atoms with Crippen molar-refractivity contribution in [1.82, 2.24) is 9.55 Å². The fraction of sp³-hybridized carbons (Fsp3) is 0.455. The van der Waals surface area contributed by atoms with Crippen LogP contribution < -0.4 is 10.4 Å². The summed E-state index contributed by atoms with van der Waals surface area (Å²) in [6, 6.07) is 4.59. The van der Waals surface area contributed by atoms with Gasteiger partial charge >= 0.3 is 17.8 Å². The summed E-state index contributed by atoms with van der Waals surface area (Å²) in [5, 5.41) is 0. The van der Waals surface area contributed by atoms with E-state index in [-0.39, 0.29) is 35.0 Å².